The van der Waals surface area contributed by atoms with Crippen molar-refractivity contribution < 1.29 is 9.59 Å². The van der Waals surface area contributed by atoms with Crippen LogP contribution in [0.3, 0.4) is 0 Å². The Morgan fingerprint density at radius 2 is 2.05 bits per heavy atom. The number of rotatable bonds is 1. The van der Waals surface area contributed by atoms with E-state index in [0.29, 0.717) is 17.3 Å². The molecule has 1 aromatic carbocycles. The molecule has 1 aliphatic rings. The van der Waals surface area contributed by atoms with Crippen molar-refractivity contribution in [3.8, 4) is 0 Å². The van der Waals surface area contributed by atoms with Gasteiger partial charge in [0.1, 0.15) is 5.84 Å². The summed E-state index contributed by atoms with van der Waals surface area (Å²) in [6, 6.07) is 3.74. The summed E-state index contributed by atoms with van der Waals surface area (Å²) < 4.78 is 0. The van der Waals surface area contributed by atoms with Gasteiger partial charge in [0.2, 0.25) is 0 Å². The number of benzene rings is 1. The summed E-state index contributed by atoms with van der Waals surface area (Å²) in [7, 11) is 0. The number of imide groups is 1. The molecule has 5 nitrogen and oxygen atoms in total. The van der Waals surface area contributed by atoms with Crippen molar-refractivity contribution in [2.24, 2.45) is 4.99 Å². The fourth-order valence-corrected chi connectivity index (χ4v) is 1.94. The zero-order valence-corrected chi connectivity index (χ0v) is 11.1. The van der Waals surface area contributed by atoms with E-state index in [9.17, 15) is 9.59 Å². The van der Waals surface area contributed by atoms with Crippen molar-refractivity contribution in [1.29, 1.82) is 0 Å². The predicted molar refractivity (Wildman–Crippen MR) is 73.7 cm³/mol. The number of carbonyl (C=O) groups is 2. The minimum absolute atomic E-state index is 0.174. The molecule has 0 radical (unpaired) electrons. The van der Waals surface area contributed by atoms with E-state index in [4.69, 9.17) is 23.2 Å². The van der Waals surface area contributed by atoms with Crippen LogP contribution >= 0.6 is 23.2 Å². The Labute approximate surface area is 119 Å². The van der Waals surface area contributed by atoms with E-state index in [2.05, 4.69) is 15.6 Å². The topological polar surface area (TPSA) is 70.6 Å². The Balaban J connectivity index is 1.98. The lowest BCUT2D eigenvalue weighted by Crippen LogP contribution is -2.42. The van der Waals surface area contributed by atoms with Crippen LogP contribution in [0.15, 0.2) is 35.5 Å². The molecule has 0 saturated carbocycles. The van der Waals surface area contributed by atoms with Gasteiger partial charge in [-0.1, -0.05) is 29.3 Å². The Morgan fingerprint density at radius 3 is 2.68 bits per heavy atom. The van der Waals surface area contributed by atoms with Crippen LogP contribution in [0.5, 0.6) is 0 Å². The summed E-state index contributed by atoms with van der Waals surface area (Å²) in [6.07, 6.45) is 3.89. The highest BCUT2D eigenvalue weighted by Gasteiger charge is 2.15. The number of amidine groups is 1. The van der Waals surface area contributed by atoms with E-state index < -0.39 is 11.9 Å². The summed E-state index contributed by atoms with van der Waals surface area (Å²) in [5.74, 6) is -0.127. The highest BCUT2D eigenvalue weighted by molar-refractivity contribution is 6.37. The number of halogens is 2. The Kier molecular flexibility index (Phi) is 4.19. The van der Waals surface area contributed by atoms with Crippen LogP contribution in [0.25, 0.3) is 0 Å². The smallest absolute Gasteiger partial charge is 0.295 e. The SMILES string of the molecule is O=C(NC(=O)c1ccc(Cl)cc1Cl)NC1=NC=CC1. The van der Waals surface area contributed by atoms with Crippen molar-refractivity contribution in [3.05, 3.63) is 46.1 Å². The van der Waals surface area contributed by atoms with Gasteiger partial charge in [-0.2, -0.15) is 0 Å². The molecule has 0 bridgehead atoms. The van der Waals surface area contributed by atoms with Gasteiger partial charge >= 0.3 is 6.03 Å². The molecule has 2 rings (SSSR count). The number of aliphatic imine (C=N–C) groups is 1. The van der Waals surface area contributed by atoms with Crippen molar-refractivity contribution in [3.63, 3.8) is 0 Å². The molecule has 1 aromatic rings. The first kappa shape index (κ1) is 13.6. The van der Waals surface area contributed by atoms with Gasteiger partial charge in [-0.25, -0.2) is 9.79 Å². The number of nitrogens with zero attached hydrogens (tertiary/aromatic N) is 1. The number of urea groups is 1. The summed E-state index contributed by atoms with van der Waals surface area (Å²) in [6.45, 7) is 0. The molecule has 98 valence electrons. The molecular formula is C12H9Cl2N3O2. The third-order valence-electron chi connectivity index (χ3n) is 2.31. The maximum absolute atomic E-state index is 11.8. The standard InChI is InChI=1S/C12H9Cl2N3O2/c13-7-3-4-8(9(14)6-7)11(18)17-12(19)16-10-2-1-5-15-10/h1,3-6H,2H2,(H2,15,16,17,18,19). The average molecular weight is 298 g/mol. The van der Waals surface area contributed by atoms with Crippen molar-refractivity contribution in [2.75, 3.05) is 0 Å². The first-order valence-electron chi connectivity index (χ1n) is 5.35. The Bertz CT molecular complexity index is 597. The van der Waals surface area contributed by atoms with Gasteiger partial charge in [0.25, 0.3) is 5.91 Å². The molecule has 0 aliphatic carbocycles. The van der Waals surface area contributed by atoms with Gasteiger partial charge in [-0.3, -0.25) is 15.4 Å². The third-order valence-corrected chi connectivity index (χ3v) is 2.86. The van der Waals surface area contributed by atoms with Gasteiger partial charge in [0, 0.05) is 17.6 Å². The fraction of sp³-hybridized carbons (Fsp3) is 0.0833. The van der Waals surface area contributed by atoms with Crippen molar-refractivity contribution in [1.82, 2.24) is 10.6 Å². The van der Waals surface area contributed by atoms with Crippen molar-refractivity contribution >= 4 is 41.0 Å². The molecule has 0 unspecified atom stereocenters. The maximum atomic E-state index is 11.8. The number of amides is 3. The largest absolute Gasteiger partial charge is 0.327 e. The van der Waals surface area contributed by atoms with E-state index in [0.717, 1.165) is 0 Å². The van der Waals surface area contributed by atoms with Crippen LogP contribution in [-0.2, 0) is 0 Å². The first-order chi connectivity index (χ1) is 9.06. The second-order valence-corrected chi connectivity index (χ2v) is 4.54. The van der Waals surface area contributed by atoms with Crippen molar-refractivity contribution in [2.45, 2.75) is 6.42 Å². The lowest BCUT2D eigenvalue weighted by Gasteiger charge is -2.07. The molecule has 19 heavy (non-hydrogen) atoms. The molecule has 7 heteroatoms. The van der Waals surface area contributed by atoms with E-state index in [1.54, 1.807) is 12.3 Å². The normalized spacial score (nSPS) is 13.1. The molecule has 3 amide bonds. The van der Waals surface area contributed by atoms with Gasteiger partial charge in [-0.15, -0.1) is 0 Å². The molecule has 0 atom stereocenters. The minimum atomic E-state index is -0.654. The minimum Gasteiger partial charge on any atom is -0.295 e. The lowest BCUT2D eigenvalue weighted by molar-refractivity contribution is 0.0965. The van der Waals surface area contributed by atoms with Crippen LogP contribution in [0, 0.1) is 0 Å². The van der Waals surface area contributed by atoms with Gasteiger partial charge in [0.15, 0.2) is 0 Å². The second-order valence-electron chi connectivity index (χ2n) is 3.70. The van der Waals surface area contributed by atoms with E-state index >= 15 is 0 Å². The Hall–Kier alpha value is -1.85. The predicted octanol–water partition coefficient (Wildman–Crippen LogP) is 2.75. The summed E-state index contributed by atoms with van der Waals surface area (Å²) >= 11 is 11.6. The monoisotopic (exact) mass is 297 g/mol. The quantitative estimate of drug-likeness (QED) is 0.837. The molecule has 0 saturated heterocycles. The average Bonchev–Trinajstić information content (AvgIpc) is 2.81. The third kappa shape index (κ3) is 3.56. The molecule has 0 spiro atoms. The van der Waals surface area contributed by atoms with Crippen LogP contribution < -0.4 is 10.6 Å². The van der Waals surface area contributed by atoms with Gasteiger partial charge < -0.3 is 0 Å². The number of hydrogen-bond acceptors (Lipinski definition) is 3. The van der Waals surface area contributed by atoms with E-state index in [1.165, 1.54) is 18.2 Å². The zero-order chi connectivity index (χ0) is 13.8. The van der Waals surface area contributed by atoms with Crippen LogP contribution in [0.4, 0.5) is 4.79 Å². The lowest BCUT2D eigenvalue weighted by atomic mass is 10.2. The molecule has 1 aliphatic heterocycles. The summed E-state index contributed by atoms with van der Waals surface area (Å²) in [5, 5.41) is 5.21. The highest BCUT2D eigenvalue weighted by atomic mass is 35.5. The number of nitrogens with one attached hydrogen (secondary N) is 2. The van der Waals surface area contributed by atoms with E-state index in [-0.39, 0.29) is 10.6 Å². The number of hydrogen-bond donors (Lipinski definition) is 2. The molecule has 0 fully saturated rings. The van der Waals surface area contributed by atoms with E-state index in [1.807, 2.05) is 0 Å². The molecule has 1 heterocycles. The highest BCUT2D eigenvalue weighted by Crippen LogP contribution is 2.20. The maximum Gasteiger partial charge on any atom is 0.327 e. The van der Waals surface area contributed by atoms with Crippen LogP contribution in [-0.4, -0.2) is 17.8 Å². The zero-order valence-electron chi connectivity index (χ0n) is 9.61. The van der Waals surface area contributed by atoms with Gasteiger partial charge in [-0.05, 0) is 18.2 Å². The first-order valence-corrected chi connectivity index (χ1v) is 6.11. The summed E-state index contributed by atoms with van der Waals surface area (Å²) in [5.41, 5.74) is 0.174. The second kappa shape index (κ2) is 5.86. The fourth-order valence-electron chi connectivity index (χ4n) is 1.45. The number of carbonyl (C=O) groups excluding carboxylic acids is 2. The summed E-state index contributed by atoms with van der Waals surface area (Å²) in [4.78, 5) is 27.2. The van der Waals surface area contributed by atoms with Crippen LogP contribution in [0.2, 0.25) is 10.0 Å². The Morgan fingerprint density at radius 1 is 1.26 bits per heavy atom. The molecule has 2 N–H and O–H groups in total. The van der Waals surface area contributed by atoms with Crippen LogP contribution in [0.1, 0.15) is 16.8 Å². The van der Waals surface area contributed by atoms with Gasteiger partial charge in [0.05, 0.1) is 10.6 Å². The molecule has 0 aromatic heterocycles. The molecular weight excluding hydrogens is 289 g/mol.